The van der Waals surface area contributed by atoms with E-state index in [9.17, 15) is 18.9 Å². The molecule has 0 radical (unpaired) electrons. The number of nitrogens with zero attached hydrogens (tertiary/aromatic N) is 8. The quantitative estimate of drug-likeness (QED) is 0.218. The first kappa shape index (κ1) is 29.5. The molecule has 0 bridgehead atoms. The number of fused-ring (bicyclic) bond motifs is 4. The van der Waals surface area contributed by atoms with Gasteiger partial charge in [0, 0.05) is 5.92 Å². The third kappa shape index (κ3) is 5.03. The molecule has 44 heavy (non-hydrogen) atoms. The molecule has 6 N–H and O–H groups in total. The predicted molar refractivity (Wildman–Crippen MR) is 142 cm³/mol. The smallest absolute Gasteiger partial charge is 0.382 e. The second-order valence-corrected chi connectivity index (χ2v) is 13.2. The summed E-state index contributed by atoms with van der Waals surface area (Å²) in [6.07, 6.45) is -6.11. The lowest BCUT2D eigenvalue weighted by Gasteiger charge is -2.28. The molecule has 7 rings (SSSR count). The van der Waals surface area contributed by atoms with Gasteiger partial charge in [-0.2, -0.15) is 0 Å². The molecule has 4 aromatic heterocycles. The van der Waals surface area contributed by atoms with E-state index in [0.29, 0.717) is 0 Å². The highest BCUT2D eigenvalue weighted by atomic mass is 31.2. The average molecular weight is 660 g/mol. The third-order valence-electron chi connectivity index (χ3n) is 7.73. The summed E-state index contributed by atoms with van der Waals surface area (Å²) in [6, 6.07) is -1.07. The normalized spacial score (nSPS) is 38.3. The molecule has 2 unspecified atom stereocenters. The van der Waals surface area contributed by atoms with Crippen LogP contribution in [-0.4, -0.2) is 92.7 Å². The fraction of sp³-hybridized carbons (Fsp3) is 0.524. The van der Waals surface area contributed by atoms with Crippen LogP contribution >= 0.6 is 15.6 Å². The molecule has 236 valence electrons. The minimum atomic E-state index is -5.04. The summed E-state index contributed by atoms with van der Waals surface area (Å²) in [4.78, 5) is 45.1. The van der Waals surface area contributed by atoms with Gasteiger partial charge < -0.3 is 30.6 Å². The van der Waals surface area contributed by atoms with Crippen molar-refractivity contribution in [3.63, 3.8) is 0 Å². The number of imidazole rings is 2. The molecule has 0 amide bonds. The molecule has 1 aliphatic carbocycles. The summed E-state index contributed by atoms with van der Waals surface area (Å²) >= 11 is 0. The van der Waals surface area contributed by atoms with Crippen LogP contribution in [0.2, 0.25) is 0 Å². The van der Waals surface area contributed by atoms with E-state index in [1.54, 1.807) is 0 Å². The molecular formula is C21H24F2N10O9P2. The van der Waals surface area contributed by atoms with E-state index < -0.39 is 77.7 Å². The number of anilines is 2. The Morgan fingerprint density at radius 1 is 0.795 bits per heavy atom. The van der Waals surface area contributed by atoms with Crippen molar-refractivity contribution < 1.29 is 50.5 Å². The Balaban J connectivity index is 1.17. The van der Waals surface area contributed by atoms with E-state index >= 15 is 8.78 Å². The molecule has 23 heteroatoms. The van der Waals surface area contributed by atoms with Crippen LogP contribution < -0.4 is 11.5 Å². The summed E-state index contributed by atoms with van der Waals surface area (Å²) in [5, 5.41) is 0. The zero-order chi connectivity index (χ0) is 31.0. The molecule has 2 aliphatic heterocycles. The maximum atomic E-state index is 16.0. The Labute approximate surface area is 244 Å². The maximum Gasteiger partial charge on any atom is 0.472 e. The van der Waals surface area contributed by atoms with Crippen LogP contribution in [0.25, 0.3) is 22.3 Å². The second-order valence-electron chi connectivity index (χ2n) is 10.4. The van der Waals surface area contributed by atoms with Gasteiger partial charge in [-0.3, -0.25) is 22.7 Å². The molecule has 0 spiro atoms. The first-order chi connectivity index (χ1) is 20.9. The van der Waals surface area contributed by atoms with Crippen LogP contribution in [0.15, 0.2) is 25.3 Å². The molecule has 0 aromatic carbocycles. The molecule has 10 atom stereocenters. The number of alkyl halides is 2. The van der Waals surface area contributed by atoms with Gasteiger partial charge in [0.2, 0.25) is 0 Å². The van der Waals surface area contributed by atoms with Gasteiger partial charge in [-0.05, 0) is 6.42 Å². The minimum absolute atomic E-state index is 0.0115. The topological polar surface area (TPSA) is 260 Å². The largest absolute Gasteiger partial charge is 0.472 e. The van der Waals surface area contributed by atoms with Crippen molar-refractivity contribution in [3.05, 3.63) is 25.3 Å². The van der Waals surface area contributed by atoms with Gasteiger partial charge in [0.15, 0.2) is 35.3 Å². The zero-order valence-corrected chi connectivity index (χ0v) is 24.0. The first-order valence-electron chi connectivity index (χ1n) is 13.0. The van der Waals surface area contributed by atoms with Crippen molar-refractivity contribution in [1.82, 2.24) is 39.0 Å². The summed E-state index contributed by atoms with van der Waals surface area (Å²) < 4.78 is 86.8. The standard InChI is InChI=1S/C21H24F2N10O9P2/c22-11-9(32-6-30-13-17(24)26-4-28-19(13)32)1-8-2-38-43(34,35)42-16-10(3-39-44(36,37)41-15(8)11)40-21(12(16)23)33-7-31-14-18(25)27-5-29-20(14)33/h4-12,15-16,21H,1-3H2,(H,34,35)(H,36,37)(H2,24,26,28)(H2,25,27,29)/t8-,9-,10-,11+,12-,15-,16-,21-/m1/s1. The molecule has 3 fully saturated rings. The Hall–Kier alpha value is -3.26. The summed E-state index contributed by atoms with van der Waals surface area (Å²) in [7, 11) is -10.1. The van der Waals surface area contributed by atoms with Crippen molar-refractivity contribution in [2.75, 3.05) is 24.7 Å². The van der Waals surface area contributed by atoms with E-state index in [1.807, 2.05) is 0 Å². The first-order valence-corrected chi connectivity index (χ1v) is 16.0. The van der Waals surface area contributed by atoms with Gasteiger partial charge in [-0.25, -0.2) is 47.8 Å². The van der Waals surface area contributed by atoms with E-state index in [4.69, 9.17) is 34.3 Å². The lowest BCUT2D eigenvalue weighted by atomic mass is 10.1. The summed E-state index contributed by atoms with van der Waals surface area (Å²) in [6.45, 7) is -1.54. The molecule has 6 heterocycles. The number of nitrogens with two attached hydrogens (primary N) is 2. The van der Waals surface area contributed by atoms with E-state index in [0.717, 1.165) is 17.2 Å². The third-order valence-corrected chi connectivity index (χ3v) is 9.70. The number of phosphoric ester groups is 2. The number of halogens is 2. The summed E-state index contributed by atoms with van der Waals surface area (Å²) in [5.41, 5.74) is 12.2. The number of hydrogen-bond donors (Lipinski definition) is 4. The monoisotopic (exact) mass is 660 g/mol. The second kappa shape index (κ2) is 10.7. The Bertz CT molecular complexity index is 1700. The van der Waals surface area contributed by atoms with Crippen molar-refractivity contribution in [2.45, 2.75) is 49.3 Å². The van der Waals surface area contributed by atoms with Gasteiger partial charge >= 0.3 is 15.6 Å². The highest BCUT2D eigenvalue weighted by Gasteiger charge is 2.54. The lowest BCUT2D eigenvalue weighted by molar-refractivity contribution is -0.0551. The van der Waals surface area contributed by atoms with Crippen molar-refractivity contribution in [1.29, 1.82) is 0 Å². The van der Waals surface area contributed by atoms with Gasteiger partial charge in [0.25, 0.3) is 0 Å². The predicted octanol–water partition coefficient (Wildman–Crippen LogP) is 0.983. The zero-order valence-electron chi connectivity index (χ0n) is 22.2. The summed E-state index contributed by atoms with van der Waals surface area (Å²) in [5.74, 6) is -1.01. The number of aromatic nitrogens is 8. The molecule has 19 nitrogen and oxygen atoms in total. The van der Waals surface area contributed by atoms with Crippen molar-refractivity contribution in [2.24, 2.45) is 5.92 Å². The molecule has 2 saturated heterocycles. The highest BCUT2D eigenvalue weighted by molar-refractivity contribution is 7.47. The number of ether oxygens (including phenoxy) is 1. The minimum Gasteiger partial charge on any atom is -0.382 e. The number of rotatable bonds is 2. The number of phosphoric acid groups is 2. The van der Waals surface area contributed by atoms with Crippen molar-refractivity contribution in [3.8, 4) is 0 Å². The molecular weight excluding hydrogens is 636 g/mol. The number of nitrogen functional groups attached to an aromatic ring is 2. The molecule has 3 aliphatic rings. The van der Waals surface area contributed by atoms with Gasteiger partial charge in [0.1, 0.15) is 48.2 Å². The van der Waals surface area contributed by atoms with Crippen molar-refractivity contribution >= 4 is 49.6 Å². The van der Waals surface area contributed by atoms with Gasteiger partial charge in [0.05, 0.1) is 31.9 Å². The fourth-order valence-electron chi connectivity index (χ4n) is 5.70. The van der Waals surface area contributed by atoms with Crippen LogP contribution in [0.1, 0.15) is 18.7 Å². The van der Waals surface area contributed by atoms with Crippen LogP contribution in [0.5, 0.6) is 0 Å². The van der Waals surface area contributed by atoms with Crippen LogP contribution in [-0.2, 0) is 32.0 Å². The Kier molecular flexibility index (Phi) is 7.15. The lowest BCUT2D eigenvalue weighted by Crippen LogP contribution is -2.35. The Morgan fingerprint density at radius 3 is 2.02 bits per heavy atom. The molecule has 1 saturated carbocycles. The molecule has 4 aromatic rings. The van der Waals surface area contributed by atoms with E-state index in [1.165, 1.54) is 17.2 Å². The number of hydrogen-bond acceptors (Lipinski definition) is 15. The van der Waals surface area contributed by atoms with Gasteiger partial charge in [-0.1, -0.05) is 0 Å². The van der Waals surface area contributed by atoms with Crippen LogP contribution in [0.4, 0.5) is 20.4 Å². The van der Waals surface area contributed by atoms with Crippen LogP contribution in [0, 0.1) is 5.92 Å². The fourth-order valence-corrected chi connectivity index (χ4v) is 7.69. The SMILES string of the molecule is Nc1ncnc2c1ncn2[C@@H]1C[C@@H]2COP(=O)(O)O[C@H]3[C@@H](F)[C@H](n4cnc5c(N)ncnc54)O[C@@H]3COP(=O)(O)O[C@H]2[C@H]1F. The average Bonchev–Trinajstić information content (AvgIpc) is 3.73. The van der Waals surface area contributed by atoms with E-state index in [-0.39, 0.29) is 40.4 Å². The van der Waals surface area contributed by atoms with E-state index in [2.05, 4.69) is 29.9 Å². The Morgan fingerprint density at radius 2 is 1.36 bits per heavy atom. The van der Waals surface area contributed by atoms with Gasteiger partial charge in [-0.15, -0.1) is 0 Å². The maximum absolute atomic E-state index is 16.0. The highest BCUT2D eigenvalue weighted by Crippen LogP contribution is 2.55. The van der Waals surface area contributed by atoms with Crippen LogP contribution in [0.3, 0.4) is 0 Å².